The lowest BCUT2D eigenvalue weighted by molar-refractivity contribution is 0.247. The molecule has 8 nitrogen and oxygen atoms in total. The second-order valence-electron chi connectivity index (χ2n) is 8.10. The average molecular weight is 467 g/mol. The number of amides is 4. The molecule has 4 rings (SSSR count). The van der Waals surface area contributed by atoms with E-state index in [2.05, 4.69) is 31.2 Å². The molecule has 0 bridgehead atoms. The molecule has 2 aromatic carbocycles. The van der Waals surface area contributed by atoms with Crippen LogP contribution in [0.4, 0.5) is 21.0 Å². The van der Waals surface area contributed by atoms with Crippen molar-refractivity contribution in [2.45, 2.75) is 19.4 Å². The Morgan fingerprint density at radius 3 is 2.79 bits per heavy atom. The number of aryl methyl sites for hydroxylation is 1. The number of nitrogens with zero attached hydrogens (tertiary/aromatic N) is 2. The van der Waals surface area contributed by atoms with E-state index >= 15 is 0 Å². The van der Waals surface area contributed by atoms with E-state index in [1.165, 1.54) is 0 Å². The summed E-state index contributed by atoms with van der Waals surface area (Å²) >= 11 is 5.95. The van der Waals surface area contributed by atoms with Crippen molar-refractivity contribution in [2.75, 3.05) is 36.8 Å². The number of likely N-dealkylation sites (tertiary alicyclic amines) is 1. The maximum Gasteiger partial charge on any atom is 0.319 e. The second kappa shape index (κ2) is 10.5. The molecule has 33 heavy (non-hydrogen) atoms. The number of hydrogen-bond donors (Lipinski definition) is 4. The van der Waals surface area contributed by atoms with Gasteiger partial charge in [0.25, 0.3) is 0 Å². The summed E-state index contributed by atoms with van der Waals surface area (Å²) < 4.78 is 0. The summed E-state index contributed by atoms with van der Waals surface area (Å²) in [6.45, 7) is 4.72. The molecule has 0 radical (unpaired) electrons. The third-order valence-corrected chi connectivity index (χ3v) is 5.73. The van der Waals surface area contributed by atoms with Crippen LogP contribution in [0.15, 0.2) is 54.6 Å². The highest BCUT2D eigenvalue weighted by Crippen LogP contribution is 2.22. The average Bonchev–Trinajstić information content (AvgIpc) is 3.20. The summed E-state index contributed by atoms with van der Waals surface area (Å²) in [5, 5.41) is 13.1. The van der Waals surface area contributed by atoms with Gasteiger partial charge in [0, 0.05) is 54.0 Å². The highest BCUT2D eigenvalue weighted by atomic mass is 35.5. The van der Waals surface area contributed by atoms with Gasteiger partial charge in [0.1, 0.15) is 0 Å². The van der Waals surface area contributed by atoms with E-state index in [9.17, 15) is 9.59 Å². The highest BCUT2D eigenvalue weighted by molar-refractivity contribution is 6.30. The largest absolute Gasteiger partial charge is 0.337 e. The number of halogens is 1. The maximum atomic E-state index is 12.4. The summed E-state index contributed by atoms with van der Waals surface area (Å²) in [4.78, 5) is 31.4. The van der Waals surface area contributed by atoms with E-state index in [4.69, 9.17) is 11.6 Å². The first-order valence-electron chi connectivity index (χ1n) is 10.9. The number of para-hydroxylation sites is 1. The summed E-state index contributed by atoms with van der Waals surface area (Å²) in [7, 11) is 0. The van der Waals surface area contributed by atoms with E-state index in [1.807, 2.05) is 37.3 Å². The first kappa shape index (κ1) is 22.8. The Hall–Kier alpha value is -3.36. The number of fused-ring (bicyclic) bond motifs is 1. The number of nitrogens with one attached hydrogen (secondary N) is 4. The molecule has 1 aliphatic heterocycles. The smallest absolute Gasteiger partial charge is 0.319 e. The molecule has 0 aliphatic carbocycles. The molecule has 1 fully saturated rings. The Kier molecular flexibility index (Phi) is 7.26. The molecule has 1 saturated heterocycles. The van der Waals surface area contributed by atoms with Crippen LogP contribution in [-0.4, -0.2) is 54.2 Å². The van der Waals surface area contributed by atoms with E-state index in [0.717, 1.165) is 41.8 Å². The van der Waals surface area contributed by atoms with Crippen LogP contribution < -0.4 is 21.3 Å². The minimum Gasteiger partial charge on any atom is -0.337 e. The van der Waals surface area contributed by atoms with Gasteiger partial charge in [0.05, 0.1) is 11.2 Å². The lowest BCUT2D eigenvalue weighted by Gasteiger charge is -2.17. The van der Waals surface area contributed by atoms with Crippen LogP contribution in [0.5, 0.6) is 0 Å². The zero-order chi connectivity index (χ0) is 23.2. The van der Waals surface area contributed by atoms with Crippen molar-refractivity contribution >= 4 is 45.9 Å². The van der Waals surface area contributed by atoms with Gasteiger partial charge in [0.15, 0.2) is 0 Å². The number of pyridine rings is 1. The molecule has 172 valence electrons. The number of carbonyl (C=O) groups is 2. The fourth-order valence-corrected chi connectivity index (χ4v) is 4.17. The number of carbonyl (C=O) groups excluding carboxylic acids is 2. The third-order valence-electron chi connectivity index (χ3n) is 5.50. The predicted molar refractivity (Wildman–Crippen MR) is 132 cm³/mol. The molecule has 0 saturated carbocycles. The van der Waals surface area contributed by atoms with E-state index in [-0.39, 0.29) is 18.1 Å². The summed E-state index contributed by atoms with van der Waals surface area (Å²) in [5.74, 6) is 0. The number of rotatable bonds is 6. The van der Waals surface area contributed by atoms with Gasteiger partial charge < -0.3 is 21.3 Å². The number of hydrogen-bond acceptors (Lipinski definition) is 4. The molecule has 0 spiro atoms. The maximum absolute atomic E-state index is 12.4. The second-order valence-corrected chi connectivity index (χ2v) is 8.54. The van der Waals surface area contributed by atoms with Crippen molar-refractivity contribution in [1.29, 1.82) is 0 Å². The Morgan fingerprint density at radius 1 is 1.09 bits per heavy atom. The van der Waals surface area contributed by atoms with E-state index in [0.29, 0.717) is 23.8 Å². The van der Waals surface area contributed by atoms with Crippen LogP contribution >= 0.6 is 11.6 Å². The van der Waals surface area contributed by atoms with Crippen molar-refractivity contribution in [2.24, 2.45) is 0 Å². The van der Waals surface area contributed by atoms with Gasteiger partial charge in [-0.3, -0.25) is 9.88 Å². The normalized spacial score (nSPS) is 15.9. The molecule has 1 atom stereocenters. The zero-order valence-electron chi connectivity index (χ0n) is 18.4. The molecule has 1 unspecified atom stereocenters. The number of aromatic nitrogens is 1. The monoisotopic (exact) mass is 466 g/mol. The predicted octanol–water partition coefficient (Wildman–Crippen LogP) is 4.21. The van der Waals surface area contributed by atoms with Crippen LogP contribution in [0.3, 0.4) is 0 Å². The Labute approximate surface area is 197 Å². The number of benzene rings is 2. The van der Waals surface area contributed by atoms with Crippen LogP contribution in [0, 0.1) is 6.92 Å². The van der Waals surface area contributed by atoms with Gasteiger partial charge in [-0.05, 0) is 43.7 Å². The first-order valence-corrected chi connectivity index (χ1v) is 11.3. The van der Waals surface area contributed by atoms with Crippen LogP contribution in [-0.2, 0) is 0 Å². The molecule has 4 N–H and O–H groups in total. The SMILES string of the molecule is Cc1cc(NC(=O)NCCN2CCC(NC(=O)Nc3cccc(Cl)c3)C2)c2ccccc2n1. The molecule has 1 aromatic heterocycles. The van der Waals surface area contributed by atoms with Gasteiger partial charge in [0.2, 0.25) is 0 Å². The molecule has 2 heterocycles. The molecular formula is C24H27ClN6O2. The molecule has 9 heteroatoms. The topological polar surface area (TPSA) is 98.4 Å². The standard InChI is InChI=1S/C24H27ClN6O2/c1-16-13-22(20-7-2-3-8-21(20)27-16)30-23(32)26-10-12-31-11-9-19(15-31)29-24(33)28-18-6-4-5-17(25)14-18/h2-8,13-14,19H,9-12,15H2,1H3,(H2,28,29,33)(H2,26,27,30,32). The van der Waals surface area contributed by atoms with Crippen LogP contribution in [0.25, 0.3) is 10.9 Å². The minimum atomic E-state index is -0.250. The van der Waals surface area contributed by atoms with E-state index in [1.54, 1.807) is 24.3 Å². The van der Waals surface area contributed by atoms with Crippen molar-refractivity contribution in [3.63, 3.8) is 0 Å². The van der Waals surface area contributed by atoms with Gasteiger partial charge in [-0.15, -0.1) is 0 Å². The molecular weight excluding hydrogens is 440 g/mol. The van der Waals surface area contributed by atoms with Crippen molar-refractivity contribution < 1.29 is 9.59 Å². The van der Waals surface area contributed by atoms with Gasteiger partial charge in [-0.25, -0.2) is 9.59 Å². The van der Waals surface area contributed by atoms with Crippen molar-refractivity contribution in [1.82, 2.24) is 20.5 Å². The molecule has 3 aromatic rings. The van der Waals surface area contributed by atoms with Crippen LogP contribution in [0.1, 0.15) is 12.1 Å². The zero-order valence-corrected chi connectivity index (χ0v) is 19.2. The van der Waals surface area contributed by atoms with E-state index < -0.39 is 0 Å². The Morgan fingerprint density at radius 2 is 1.94 bits per heavy atom. The minimum absolute atomic E-state index is 0.0594. The quantitative estimate of drug-likeness (QED) is 0.437. The Balaban J connectivity index is 1.19. The fourth-order valence-electron chi connectivity index (χ4n) is 3.98. The fraction of sp³-hybridized carbons (Fsp3) is 0.292. The lowest BCUT2D eigenvalue weighted by atomic mass is 10.1. The van der Waals surface area contributed by atoms with Gasteiger partial charge in [-0.1, -0.05) is 35.9 Å². The van der Waals surface area contributed by atoms with Crippen molar-refractivity contribution in [3.8, 4) is 0 Å². The third kappa shape index (κ3) is 6.34. The van der Waals surface area contributed by atoms with Gasteiger partial charge in [-0.2, -0.15) is 0 Å². The highest BCUT2D eigenvalue weighted by Gasteiger charge is 2.23. The Bertz CT molecular complexity index is 1150. The van der Waals surface area contributed by atoms with Crippen molar-refractivity contribution in [3.05, 3.63) is 65.3 Å². The summed E-state index contributed by atoms with van der Waals surface area (Å²) in [5.41, 5.74) is 3.09. The lowest BCUT2D eigenvalue weighted by Crippen LogP contribution is -2.41. The molecule has 4 amide bonds. The number of urea groups is 2. The molecule has 1 aliphatic rings. The summed E-state index contributed by atoms with van der Waals surface area (Å²) in [6.07, 6.45) is 0.859. The van der Waals surface area contributed by atoms with Crippen LogP contribution in [0.2, 0.25) is 5.02 Å². The van der Waals surface area contributed by atoms with Gasteiger partial charge >= 0.3 is 12.1 Å². The first-order chi connectivity index (χ1) is 16.0. The summed E-state index contributed by atoms with van der Waals surface area (Å²) in [6, 6.07) is 16.2. The number of anilines is 2.